The number of carbonyl (C=O) groups is 2. The van der Waals surface area contributed by atoms with Gasteiger partial charge in [0, 0.05) is 6.54 Å². The minimum atomic E-state index is -0.941. The van der Waals surface area contributed by atoms with Crippen molar-refractivity contribution < 1.29 is 14.7 Å². The Morgan fingerprint density at radius 1 is 1.60 bits per heavy atom. The summed E-state index contributed by atoms with van der Waals surface area (Å²) in [4.78, 5) is 22.1. The van der Waals surface area contributed by atoms with E-state index in [1.165, 1.54) is 11.3 Å². The molecule has 1 heterocycles. The minimum absolute atomic E-state index is 0.0896. The van der Waals surface area contributed by atoms with Gasteiger partial charge in [-0.25, -0.2) is 0 Å². The highest BCUT2D eigenvalue weighted by molar-refractivity contribution is 7.13. The second-order valence-corrected chi connectivity index (χ2v) is 4.22. The highest BCUT2D eigenvalue weighted by Gasteiger charge is 2.14. The summed E-state index contributed by atoms with van der Waals surface area (Å²) >= 11 is 7.13. The largest absolute Gasteiger partial charge is 0.481 e. The van der Waals surface area contributed by atoms with Crippen LogP contribution in [0.15, 0.2) is 5.38 Å². The summed E-state index contributed by atoms with van der Waals surface area (Å²) in [5, 5.41) is 13.1. The van der Waals surface area contributed by atoms with E-state index in [-0.39, 0.29) is 18.9 Å². The zero-order valence-corrected chi connectivity index (χ0v) is 9.61. The van der Waals surface area contributed by atoms with Gasteiger partial charge in [-0.05, 0) is 17.9 Å². The van der Waals surface area contributed by atoms with Crippen molar-refractivity contribution >= 4 is 34.8 Å². The lowest BCUT2D eigenvalue weighted by atomic mass is 10.3. The molecule has 0 aliphatic rings. The van der Waals surface area contributed by atoms with Crippen molar-refractivity contribution in [3.63, 3.8) is 0 Å². The summed E-state index contributed by atoms with van der Waals surface area (Å²) < 4.78 is 0. The van der Waals surface area contributed by atoms with Crippen molar-refractivity contribution in [1.29, 1.82) is 0 Å². The Morgan fingerprint density at radius 3 is 2.73 bits per heavy atom. The number of aryl methyl sites for hydroxylation is 1. The molecule has 82 valence electrons. The van der Waals surface area contributed by atoms with E-state index in [0.717, 1.165) is 5.56 Å². The third-order valence-electron chi connectivity index (χ3n) is 1.73. The van der Waals surface area contributed by atoms with Gasteiger partial charge in [0.15, 0.2) is 0 Å². The number of aliphatic carboxylic acids is 1. The Hall–Kier alpha value is -1.07. The molecule has 0 spiro atoms. The molecule has 0 unspecified atom stereocenters. The van der Waals surface area contributed by atoms with Gasteiger partial charge in [0.2, 0.25) is 0 Å². The number of carboxylic acid groups (broad SMARTS) is 1. The molecule has 0 aliphatic heterocycles. The van der Waals surface area contributed by atoms with E-state index in [1.807, 2.05) is 6.92 Å². The first-order valence-electron chi connectivity index (χ1n) is 4.26. The van der Waals surface area contributed by atoms with Crippen molar-refractivity contribution in [2.24, 2.45) is 0 Å². The van der Waals surface area contributed by atoms with E-state index in [0.29, 0.717) is 9.90 Å². The van der Waals surface area contributed by atoms with Gasteiger partial charge in [0.05, 0.1) is 11.4 Å². The molecular formula is C9H10ClNO3S. The van der Waals surface area contributed by atoms with E-state index in [2.05, 4.69) is 5.32 Å². The molecular weight excluding hydrogens is 238 g/mol. The normalized spacial score (nSPS) is 10.0. The summed E-state index contributed by atoms with van der Waals surface area (Å²) in [5.74, 6) is -1.26. The molecule has 4 nitrogen and oxygen atoms in total. The third kappa shape index (κ3) is 3.21. The van der Waals surface area contributed by atoms with Crippen LogP contribution in [0, 0.1) is 6.92 Å². The fourth-order valence-electron chi connectivity index (χ4n) is 0.946. The van der Waals surface area contributed by atoms with Crippen LogP contribution < -0.4 is 5.32 Å². The first-order valence-corrected chi connectivity index (χ1v) is 5.51. The number of carbonyl (C=O) groups excluding carboxylic acids is 1. The molecule has 1 rings (SSSR count). The van der Waals surface area contributed by atoms with E-state index >= 15 is 0 Å². The summed E-state index contributed by atoms with van der Waals surface area (Å²) in [6.45, 7) is 1.92. The van der Waals surface area contributed by atoms with Crippen LogP contribution in [0.4, 0.5) is 0 Å². The fourth-order valence-corrected chi connectivity index (χ4v) is 2.14. The number of halogens is 1. The first kappa shape index (κ1) is 12.0. The molecule has 0 aliphatic carbocycles. The Kier molecular flexibility index (Phi) is 4.11. The molecule has 0 saturated carbocycles. The predicted octanol–water partition coefficient (Wildman–Crippen LogP) is 1.91. The van der Waals surface area contributed by atoms with E-state index < -0.39 is 5.97 Å². The summed E-state index contributed by atoms with van der Waals surface area (Å²) in [5.41, 5.74) is 0.852. The van der Waals surface area contributed by atoms with Crippen LogP contribution in [0.3, 0.4) is 0 Å². The number of hydrogen-bond acceptors (Lipinski definition) is 3. The third-order valence-corrected chi connectivity index (χ3v) is 3.43. The second-order valence-electron chi connectivity index (χ2n) is 2.96. The molecule has 1 amide bonds. The maximum Gasteiger partial charge on any atom is 0.305 e. The van der Waals surface area contributed by atoms with Crippen LogP contribution in [-0.2, 0) is 4.79 Å². The van der Waals surface area contributed by atoms with Crippen molar-refractivity contribution in [3.05, 3.63) is 20.8 Å². The number of amides is 1. The van der Waals surface area contributed by atoms with Crippen LogP contribution in [0.1, 0.15) is 21.7 Å². The lowest BCUT2D eigenvalue weighted by Crippen LogP contribution is -2.25. The van der Waals surface area contributed by atoms with Crippen molar-refractivity contribution in [3.8, 4) is 0 Å². The van der Waals surface area contributed by atoms with Gasteiger partial charge < -0.3 is 10.4 Å². The van der Waals surface area contributed by atoms with E-state index in [4.69, 9.17) is 16.7 Å². The molecule has 0 saturated heterocycles. The summed E-state index contributed by atoms with van der Waals surface area (Å²) in [6, 6.07) is 0. The molecule has 0 bridgehead atoms. The number of carboxylic acids is 1. The van der Waals surface area contributed by atoms with Crippen LogP contribution >= 0.6 is 22.9 Å². The Labute approximate surface area is 95.9 Å². The molecule has 0 radical (unpaired) electrons. The van der Waals surface area contributed by atoms with Gasteiger partial charge in [-0.15, -0.1) is 11.3 Å². The van der Waals surface area contributed by atoms with E-state index in [9.17, 15) is 9.59 Å². The van der Waals surface area contributed by atoms with Crippen LogP contribution in [0.2, 0.25) is 5.02 Å². The molecule has 1 aromatic rings. The average molecular weight is 248 g/mol. The maximum absolute atomic E-state index is 11.5. The quantitative estimate of drug-likeness (QED) is 0.854. The fraction of sp³-hybridized carbons (Fsp3) is 0.333. The van der Waals surface area contributed by atoms with Gasteiger partial charge in [-0.3, -0.25) is 9.59 Å². The monoisotopic (exact) mass is 247 g/mol. The Morgan fingerprint density at radius 2 is 2.27 bits per heavy atom. The zero-order valence-electron chi connectivity index (χ0n) is 8.04. The van der Waals surface area contributed by atoms with Crippen molar-refractivity contribution in [2.45, 2.75) is 13.3 Å². The van der Waals surface area contributed by atoms with Crippen LogP contribution in [0.25, 0.3) is 0 Å². The van der Waals surface area contributed by atoms with Gasteiger partial charge in [-0.2, -0.15) is 0 Å². The molecule has 0 atom stereocenters. The molecule has 0 aromatic carbocycles. The highest BCUT2D eigenvalue weighted by atomic mass is 35.5. The average Bonchev–Trinajstić information content (AvgIpc) is 2.47. The number of hydrogen-bond donors (Lipinski definition) is 2. The summed E-state index contributed by atoms with van der Waals surface area (Å²) in [7, 11) is 0. The lowest BCUT2D eigenvalue weighted by Gasteiger charge is -2.01. The first-order chi connectivity index (χ1) is 7.02. The second kappa shape index (κ2) is 5.14. The molecule has 15 heavy (non-hydrogen) atoms. The van der Waals surface area contributed by atoms with Crippen molar-refractivity contribution in [1.82, 2.24) is 5.32 Å². The number of rotatable bonds is 4. The predicted molar refractivity (Wildman–Crippen MR) is 58.7 cm³/mol. The molecule has 6 heteroatoms. The van der Waals surface area contributed by atoms with Gasteiger partial charge >= 0.3 is 5.97 Å². The number of thiophene rings is 1. The highest BCUT2D eigenvalue weighted by Crippen LogP contribution is 2.26. The minimum Gasteiger partial charge on any atom is -0.481 e. The maximum atomic E-state index is 11.5. The molecule has 0 fully saturated rings. The van der Waals surface area contributed by atoms with Gasteiger partial charge in [0.1, 0.15) is 4.88 Å². The zero-order chi connectivity index (χ0) is 11.4. The topological polar surface area (TPSA) is 66.4 Å². The smallest absolute Gasteiger partial charge is 0.305 e. The Balaban J connectivity index is 2.54. The number of nitrogens with one attached hydrogen (secondary N) is 1. The Bertz CT molecular complexity index is 389. The van der Waals surface area contributed by atoms with E-state index in [1.54, 1.807) is 5.38 Å². The van der Waals surface area contributed by atoms with Crippen LogP contribution in [0.5, 0.6) is 0 Å². The van der Waals surface area contributed by atoms with Gasteiger partial charge in [0.25, 0.3) is 5.91 Å². The lowest BCUT2D eigenvalue weighted by molar-refractivity contribution is -0.136. The summed E-state index contributed by atoms with van der Waals surface area (Å²) in [6.07, 6.45) is -0.0896. The SMILES string of the molecule is Cc1csc(C(=O)NCCC(=O)O)c1Cl. The molecule has 1 aromatic heterocycles. The van der Waals surface area contributed by atoms with Crippen molar-refractivity contribution in [2.75, 3.05) is 6.54 Å². The molecule has 2 N–H and O–H groups in total. The van der Waals surface area contributed by atoms with Gasteiger partial charge in [-0.1, -0.05) is 11.6 Å². The standard InChI is InChI=1S/C9H10ClNO3S/c1-5-4-15-8(7(5)10)9(14)11-3-2-6(12)13/h4H,2-3H2,1H3,(H,11,14)(H,12,13). The van der Waals surface area contributed by atoms with Crippen LogP contribution in [-0.4, -0.2) is 23.5 Å².